The molecule has 4 heterocycles. The molecule has 3 N–H and O–H groups in total. The van der Waals surface area contributed by atoms with E-state index in [0.29, 0.717) is 66.2 Å². The third kappa shape index (κ3) is 8.39. The number of benzene rings is 1. The van der Waals surface area contributed by atoms with Crippen molar-refractivity contribution in [2.24, 2.45) is 5.73 Å². The van der Waals surface area contributed by atoms with Crippen LogP contribution in [0.1, 0.15) is 44.4 Å². The molecule has 3 aromatic rings. The average Bonchev–Trinajstić information content (AvgIpc) is 3.79. The predicted molar refractivity (Wildman–Crippen MR) is 198 cm³/mol. The first-order valence-electron chi connectivity index (χ1n) is 17.6. The van der Waals surface area contributed by atoms with Crippen molar-refractivity contribution in [2.75, 3.05) is 31.7 Å². The number of ether oxygens (including phenoxy) is 5. The highest BCUT2D eigenvalue weighted by molar-refractivity contribution is 6.76. The molecule has 1 aromatic carbocycles. The van der Waals surface area contributed by atoms with Crippen molar-refractivity contribution in [3.05, 3.63) is 40.2 Å². The van der Waals surface area contributed by atoms with Gasteiger partial charge in [-0.05, 0) is 54.7 Å². The number of imidazole rings is 1. The molecule has 1 aliphatic carbocycles. The van der Waals surface area contributed by atoms with E-state index in [1.165, 1.54) is 6.07 Å². The van der Waals surface area contributed by atoms with Crippen LogP contribution >= 0.6 is 11.6 Å². The molecule has 1 amide bonds. The summed E-state index contributed by atoms with van der Waals surface area (Å²) in [7, 11) is -3.38. The highest BCUT2D eigenvalue weighted by Crippen LogP contribution is 2.42. The number of anilines is 1. The lowest BCUT2D eigenvalue weighted by Crippen LogP contribution is -2.47. The van der Waals surface area contributed by atoms with Crippen LogP contribution in [-0.4, -0.2) is 87.7 Å². The number of fused-ring (bicyclic) bond motifs is 3. The minimum Gasteiger partial charge on any atom is -0.484 e. The fraction of sp³-hybridized carbons (Fsp3) is 0.629. The third-order valence-electron chi connectivity index (χ3n) is 10.3. The van der Waals surface area contributed by atoms with Crippen LogP contribution in [0.3, 0.4) is 0 Å². The molecule has 0 radical (unpaired) electrons. The molecule has 2 aliphatic heterocycles. The summed E-state index contributed by atoms with van der Waals surface area (Å²) in [4.78, 5) is 20.9. The van der Waals surface area contributed by atoms with E-state index >= 15 is 4.39 Å². The molecule has 2 fully saturated rings. The Hall–Kier alpha value is -2.80. The van der Waals surface area contributed by atoms with E-state index in [2.05, 4.69) is 58.8 Å². The molecule has 16 heteroatoms. The van der Waals surface area contributed by atoms with E-state index in [1.807, 2.05) is 0 Å². The van der Waals surface area contributed by atoms with E-state index in [1.54, 1.807) is 16.7 Å². The van der Waals surface area contributed by atoms with Crippen molar-refractivity contribution in [2.45, 2.75) is 115 Å². The Bertz CT molecular complexity index is 1760. The monoisotopic (exact) mass is 763 g/mol. The average molecular weight is 764 g/mol. The highest BCUT2D eigenvalue weighted by Gasteiger charge is 2.52. The number of primary amides is 1. The van der Waals surface area contributed by atoms with Crippen molar-refractivity contribution in [3.63, 3.8) is 0 Å². The lowest BCUT2D eigenvalue weighted by atomic mass is 10.1. The Morgan fingerprint density at radius 3 is 2.49 bits per heavy atom. The van der Waals surface area contributed by atoms with E-state index < -0.39 is 34.2 Å². The van der Waals surface area contributed by atoms with Gasteiger partial charge in [0.25, 0.3) is 5.91 Å². The Morgan fingerprint density at radius 1 is 1.10 bits per heavy atom. The van der Waals surface area contributed by atoms with Crippen LogP contribution in [0.15, 0.2) is 18.2 Å². The lowest BCUT2D eigenvalue weighted by Gasteiger charge is -2.39. The van der Waals surface area contributed by atoms with Gasteiger partial charge in [0.1, 0.15) is 41.8 Å². The number of nitrogens with one attached hydrogen (secondary N) is 1. The zero-order valence-electron chi connectivity index (χ0n) is 30.8. The molecule has 5 atom stereocenters. The molecule has 3 aliphatic rings. The summed E-state index contributed by atoms with van der Waals surface area (Å²) in [6, 6.07) is 5.67. The zero-order chi connectivity index (χ0) is 36.9. The second-order valence-corrected chi connectivity index (χ2v) is 27.3. The SMILES string of the molecule is CC(C)(C)[Si](C)(C)OC1CO[C@H]2[C@@H]1OC[C@H]2Oc1nc2cc(Cl)c(NC3CCc4cc(OCC(N)=O)cc(F)c43)nc2n1COCC[Si](C)(C)C. The second kappa shape index (κ2) is 14.6. The van der Waals surface area contributed by atoms with Gasteiger partial charge in [0, 0.05) is 26.3 Å². The van der Waals surface area contributed by atoms with E-state index in [0.717, 1.165) is 11.6 Å². The number of nitrogens with two attached hydrogens (primary N) is 1. The highest BCUT2D eigenvalue weighted by atomic mass is 35.5. The number of amides is 1. The molecule has 51 heavy (non-hydrogen) atoms. The summed E-state index contributed by atoms with van der Waals surface area (Å²) >= 11 is 6.78. The number of carbonyl (C=O) groups is 1. The van der Waals surface area contributed by atoms with Gasteiger partial charge in [0.05, 0.1) is 30.4 Å². The molecule has 2 aromatic heterocycles. The predicted octanol–water partition coefficient (Wildman–Crippen LogP) is 6.44. The van der Waals surface area contributed by atoms with Gasteiger partial charge in [-0.2, -0.15) is 4.98 Å². The number of nitrogens with zero attached hydrogens (tertiary/aromatic N) is 3. The molecule has 280 valence electrons. The summed E-state index contributed by atoms with van der Waals surface area (Å²) in [6.07, 6.45) is 0.0887. The van der Waals surface area contributed by atoms with Crippen LogP contribution in [0, 0.1) is 5.82 Å². The maximum absolute atomic E-state index is 15.4. The van der Waals surface area contributed by atoms with Gasteiger partial charge in [0.15, 0.2) is 26.7 Å². The Labute approximate surface area is 305 Å². The quantitative estimate of drug-likeness (QED) is 0.139. The summed E-state index contributed by atoms with van der Waals surface area (Å²) in [5.41, 5.74) is 7.53. The number of hydrogen-bond donors (Lipinski definition) is 2. The number of aryl methyl sites for hydroxylation is 1. The number of halogens is 2. The van der Waals surface area contributed by atoms with Gasteiger partial charge >= 0.3 is 6.01 Å². The number of aromatic nitrogens is 3. The number of rotatable bonds is 14. The van der Waals surface area contributed by atoms with E-state index in [-0.39, 0.29) is 48.5 Å². The number of pyridine rings is 1. The van der Waals surface area contributed by atoms with Gasteiger partial charge in [0.2, 0.25) is 0 Å². The first kappa shape index (κ1) is 37.9. The second-order valence-electron chi connectivity index (χ2n) is 16.5. The van der Waals surface area contributed by atoms with E-state index in [4.69, 9.17) is 55.4 Å². The number of carbonyl (C=O) groups excluding carboxylic acids is 1. The van der Waals surface area contributed by atoms with Crippen LogP contribution in [0.25, 0.3) is 11.2 Å². The first-order valence-corrected chi connectivity index (χ1v) is 24.6. The standard InChI is InChI=1S/C35H51ClFN5O7Si2/c1-35(2,3)51(7,8)49-27-17-47-30-26(16-46-31(27)30)48-34-40-25-15-22(36)32(41-33(25)42(34)19-44-11-12-50(4,5)6)39-24-10-9-20-13-21(45-18-28(38)43)14-23(37)29(20)24/h13-15,24,26-27,30-31H,9-12,16-19H2,1-8H3,(H2,38,43)(H,39,41)/t24?,26-,27?,30-,31-/m1/s1. The van der Waals surface area contributed by atoms with Gasteiger partial charge in [-0.25, -0.2) is 9.37 Å². The van der Waals surface area contributed by atoms with Gasteiger partial charge in [-0.15, -0.1) is 0 Å². The van der Waals surface area contributed by atoms with Crippen molar-refractivity contribution in [1.82, 2.24) is 14.5 Å². The van der Waals surface area contributed by atoms with Gasteiger partial charge in [-0.1, -0.05) is 52.0 Å². The maximum atomic E-state index is 15.4. The summed E-state index contributed by atoms with van der Waals surface area (Å²) in [5.74, 6) is -0.429. The topological polar surface area (TPSA) is 141 Å². The molecule has 0 bridgehead atoms. The molecule has 2 unspecified atom stereocenters. The third-order valence-corrected chi connectivity index (χ3v) is 16.8. The van der Waals surface area contributed by atoms with Crippen molar-refractivity contribution in [1.29, 1.82) is 0 Å². The lowest BCUT2D eigenvalue weighted by molar-refractivity contribution is -0.119. The fourth-order valence-corrected chi connectivity index (χ4v) is 8.67. The fourth-order valence-electron chi connectivity index (χ4n) is 6.40. The first-order chi connectivity index (χ1) is 23.9. The normalized spacial score (nSPS) is 23.5. The molecule has 2 saturated heterocycles. The van der Waals surface area contributed by atoms with Crippen LogP contribution in [-0.2, 0) is 36.6 Å². The van der Waals surface area contributed by atoms with Crippen molar-refractivity contribution < 1.29 is 37.3 Å². The molecular weight excluding hydrogens is 713 g/mol. The molecule has 0 spiro atoms. The smallest absolute Gasteiger partial charge is 0.301 e. The van der Waals surface area contributed by atoms with E-state index in [9.17, 15) is 4.79 Å². The molecule has 0 saturated carbocycles. The zero-order valence-corrected chi connectivity index (χ0v) is 33.6. The Kier molecular flexibility index (Phi) is 10.8. The van der Waals surface area contributed by atoms with Crippen molar-refractivity contribution >= 4 is 50.9 Å². The van der Waals surface area contributed by atoms with Crippen LogP contribution in [0.2, 0.25) is 48.8 Å². The molecular formula is C35H51ClFN5O7Si2. The minimum absolute atomic E-state index is 0.0584. The molecule has 6 rings (SSSR count). The van der Waals surface area contributed by atoms with Crippen molar-refractivity contribution in [3.8, 4) is 11.8 Å². The van der Waals surface area contributed by atoms with Gasteiger partial charge in [-0.3, -0.25) is 9.36 Å². The summed E-state index contributed by atoms with van der Waals surface area (Å²) in [5, 5.41) is 3.76. The van der Waals surface area contributed by atoms with Crippen LogP contribution in [0.4, 0.5) is 10.2 Å². The maximum Gasteiger partial charge on any atom is 0.301 e. The number of hydrogen-bond acceptors (Lipinski definition) is 10. The summed E-state index contributed by atoms with van der Waals surface area (Å²) in [6.45, 7) is 19.2. The largest absolute Gasteiger partial charge is 0.484 e. The van der Waals surface area contributed by atoms with Crippen LogP contribution < -0.4 is 20.5 Å². The Balaban J connectivity index is 1.24. The van der Waals surface area contributed by atoms with Crippen LogP contribution in [0.5, 0.6) is 11.8 Å². The minimum atomic E-state index is -2.05. The Morgan fingerprint density at radius 2 is 1.80 bits per heavy atom. The van der Waals surface area contributed by atoms with Gasteiger partial charge < -0.3 is 39.2 Å². The summed E-state index contributed by atoms with van der Waals surface area (Å²) < 4.78 is 54.5. The molecule has 12 nitrogen and oxygen atoms in total.